The van der Waals surface area contributed by atoms with E-state index in [0.717, 1.165) is 38.5 Å². The Balaban J connectivity index is 1.62. The second-order valence-electron chi connectivity index (χ2n) is 5.97. The molecular weight excluding hydrogens is 234 g/mol. The number of benzene rings is 1. The topological polar surface area (TPSA) is 27.3 Å². The third-order valence-electron chi connectivity index (χ3n) is 4.63. The molecule has 0 aromatic heterocycles. The molecule has 2 heterocycles. The van der Waals surface area contributed by atoms with Gasteiger partial charge in [0.15, 0.2) is 0 Å². The van der Waals surface area contributed by atoms with E-state index in [1.165, 1.54) is 24.1 Å². The molecule has 2 aliphatic heterocycles. The second-order valence-corrected chi connectivity index (χ2v) is 5.97. The summed E-state index contributed by atoms with van der Waals surface area (Å²) in [6.45, 7) is 5.72. The van der Waals surface area contributed by atoms with Crippen LogP contribution in [0.4, 0.5) is 0 Å². The van der Waals surface area contributed by atoms with E-state index < -0.39 is 0 Å². The molecule has 2 unspecified atom stereocenters. The van der Waals surface area contributed by atoms with Crippen LogP contribution in [0.2, 0.25) is 0 Å². The largest absolute Gasteiger partial charge is 0.316 e. The van der Waals surface area contributed by atoms with Gasteiger partial charge in [0, 0.05) is 32.2 Å². The lowest BCUT2D eigenvalue weighted by Crippen LogP contribution is -2.50. The number of hydrogen-bond acceptors (Lipinski definition) is 3. The predicted molar refractivity (Wildman–Crippen MR) is 79.7 cm³/mol. The fourth-order valence-electron chi connectivity index (χ4n) is 3.23. The zero-order valence-corrected chi connectivity index (χ0v) is 11.9. The molecule has 0 saturated carbocycles. The molecule has 2 aliphatic rings. The lowest BCUT2D eigenvalue weighted by Gasteiger charge is -2.33. The van der Waals surface area contributed by atoms with Gasteiger partial charge in [0.25, 0.3) is 0 Å². The zero-order chi connectivity index (χ0) is 13.1. The molecular formula is C16H25N3. The van der Waals surface area contributed by atoms with Crippen molar-refractivity contribution in [1.82, 2.24) is 15.5 Å². The highest BCUT2D eigenvalue weighted by atomic mass is 15.2. The van der Waals surface area contributed by atoms with E-state index in [1.54, 1.807) is 0 Å². The molecule has 0 bridgehead atoms. The Morgan fingerprint density at radius 2 is 1.89 bits per heavy atom. The maximum atomic E-state index is 3.49. The molecule has 2 saturated heterocycles. The molecule has 0 radical (unpaired) electrons. The van der Waals surface area contributed by atoms with Gasteiger partial charge in [0.05, 0.1) is 0 Å². The van der Waals surface area contributed by atoms with Crippen LogP contribution in [0.1, 0.15) is 23.5 Å². The first-order valence-electron chi connectivity index (χ1n) is 7.53. The van der Waals surface area contributed by atoms with E-state index in [-0.39, 0.29) is 0 Å². The zero-order valence-electron chi connectivity index (χ0n) is 11.9. The van der Waals surface area contributed by atoms with Gasteiger partial charge in [0.1, 0.15) is 0 Å². The average Bonchev–Trinajstić information content (AvgIpc) is 2.96. The van der Waals surface area contributed by atoms with Gasteiger partial charge in [-0.15, -0.1) is 0 Å². The van der Waals surface area contributed by atoms with Crippen molar-refractivity contribution in [1.29, 1.82) is 0 Å². The van der Waals surface area contributed by atoms with Crippen molar-refractivity contribution in [2.45, 2.75) is 24.8 Å². The maximum absolute atomic E-state index is 3.49. The molecule has 19 heavy (non-hydrogen) atoms. The fourth-order valence-corrected chi connectivity index (χ4v) is 3.23. The van der Waals surface area contributed by atoms with E-state index in [1.807, 2.05) is 0 Å². The summed E-state index contributed by atoms with van der Waals surface area (Å²) < 4.78 is 0. The third kappa shape index (κ3) is 3.16. The van der Waals surface area contributed by atoms with Crippen LogP contribution in [-0.2, 0) is 6.42 Å². The van der Waals surface area contributed by atoms with Crippen molar-refractivity contribution >= 4 is 0 Å². The van der Waals surface area contributed by atoms with Crippen LogP contribution in [0, 0.1) is 0 Å². The summed E-state index contributed by atoms with van der Waals surface area (Å²) in [5.41, 5.74) is 2.97. The highest BCUT2D eigenvalue weighted by molar-refractivity contribution is 5.27. The van der Waals surface area contributed by atoms with E-state index in [2.05, 4.69) is 46.8 Å². The molecule has 0 amide bonds. The molecule has 1 aromatic carbocycles. The minimum absolute atomic E-state index is 0.646. The smallest absolute Gasteiger partial charge is 0.0258 e. The van der Waals surface area contributed by atoms with Gasteiger partial charge in [0.2, 0.25) is 0 Å². The van der Waals surface area contributed by atoms with Crippen LogP contribution >= 0.6 is 0 Å². The summed E-state index contributed by atoms with van der Waals surface area (Å²) in [5, 5.41) is 6.93. The Kier molecular flexibility index (Phi) is 4.16. The van der Waals surface area contributed by atoms with Gasteiger partial charge in [-0.1, -0.05) is 24.3 Å². The number of hydrogen-bond donors (Lipinski definition) is 2. The van der Waals surface area contributed by atoms with Crippen LogP contribution in [0.3, 0.4) is 0 Å². The van der Waals surface area contributed by atoms with Gasteiger partial charge in [-0.05, 0) is 43.5 Å². The Morgan fingerprint density at radius 1 is 1.11 bits per heavy atom. The minimum atomic E-state index is 0.646. The van der Waals surface area contributed by atoms with Gasteiger partial charge in [-0.3, -0.25) is 0 Å². The lowest BCUT2D eigenvalue weighted by molar-refractivity contribution is 0.199. The Labute approximate surface area is 116 Å². The molecule has 3 heteroatoms. The lowest BCUT2D eigenvalue weighted by atomic mass is 9.95. The SMILES string of the molecule is CN1CCNCC1Cc1ccc(C2CCNC2)cc1. The van der Waals surface area contributed by atoms with E-state index in [0.29, 0.717) is 6.04 Å². The van der Waals surface area contributed by atoms with E-state index in [9.17, 15) is 0 Å². The van der Waals surface area contributed by atoms with Crippen molar-refractivity contribution < 1.29 is 0 Å². The van der Waals surface area contributed by atoms with Gasteiger partial charge in [-0.2, -0.15) is 0 Å². The van der Waals surface area contributed by atoms with Crippen molar-refractivity contribution in [3.05, 3.63) is 35.4 Å². The average molecular weight is 259 g/mol. The van der Waals surface area contributed by atoms with Crippen molar-refractivity contribution in [2.24, 2.45) is 0 Å². The molecule has 1 aromatic rings. The van der Waals surface area contributed by atoms with Crippen LogP contribution in [0.15, 0.2) is 24.3 Å². The Morgan fingerprint density at radius 3 is 2.58 bits per heavy atom. The highest BCUT2D eigenvalue weighted by Gasteiger charge is 2.19. The van der Waals surface area contributed by atoms with Gasteiger partial charge < -0.3 is 15.5 Å². The Bertz CT molecular complexity index is 395. The number of rotatable bonds is 3. The molecule has 0 spiro atoms. The maximum Gasteiger partial charge on any atom is 0.0258 e. The molecule has 3 rings (SSSR count). The van der Waals surface area contributed by atoms with Gasteiger partial charge in [-0.25, -0.2) is 0 Å². The molecule has 2 atom stereocenters. The summed E-state index contributed by atoms with van der Waals surface area (Å²) in [5.74, 6) is 0.730. The molecule has 3 nitrogen and oxygen atoms in total. The van der Waals surface area contributed by atoms with Crippen molar-refractivity contribution in [3.63, 3.8) is 0 Å². The molecule has 2 N–H and O–H groups in total. The minimum Gasteiger partial charge on any atom is -0.316 e. The summed E-state index contributed by atoms with van der Waals surface area (Å²) >= 11 is 0. The van der Waals surface area contributed by atoms with E-state index in [4.69, 9.17) is 0 Å². The normalized spacial score (nSPS) is 28.7. The first-order chi connectivity index (χ1) is 9.33. The number of nitrogens with one attached hydrogen (secondary N) is 2. The number of likely N-dealkylation sites (N-methyl/N-ethyl adjacent to an activating group) is 1. The second kappa shape index (κ2) is 6.04. The first kappa shape index (κ1) is 13.1. The summed E-state index contributed by atoms with van der Waals surface area (Å²) in [6, 6.07) is 9.98. The predicted octanol–water partition coefficient (Wildman–Crippen LogP) is 1.21. The fraction of sp³-hybridized carbons (Fsp3) is 0.625. The molecule has 2 fully saturated rings. The van der Waals surface area contributed by atoms with Gasteiger partial charge >= 0.3 is 0 Å². The number of piperazine rings is 1. The van der Waals surface area contributed by atoms with Crippen LogP contribution < -0.4 is 10.6 Å². The Hall–Kier alpha value is -0.900. The number of nitrogens with zero attached hydrogens (tertiary/aromatic N) is 1. The third-order valence-corrected chi connectivity index (χ3v) is 4.63. The quantitative estimate of drug-likeness (QED) is 0.854. The van der Waals surface area contributed by atoms with Crippen LogP contribution in [-0.4, -0.2) is 50.7 Å². The highest BCUT2D eigenvalue weighted by Crippen LogP contribution is 2.23. The van der Waals surface area contributed by atoms with Crippen molar-refractivity contribution in [3.8, 4) is 0 Å². The van der Waals surface area contributed by atoms with Crippen LogP contribution in [0.25, 0.3) is 0 Å². The summed E-state index contributed by atoms with van der Waals surface area (Å²) in [7, 11) is 2.24. The van der Waals surface area contributed by atoms with Crippen LogP contribution in [0.5, 0.6) is 0 Å². The van der Waals surface area contributed by atoms with E-state index >= 15 is 0 Å². The monoisotopic (exact) mass is 259 g/mol. The summed E-state index contributed by atoms with van der Waals surface area (Å²) in [6.07, 6.45) is 2.45. The molecule has 0 aliphatic carbocycles. The molecule has 104 valence electrons. The van der Waals surface area contributed by atoms with Crippen molar-refractivity contribution in [2.75, 3.05) is 39.8 Å². The standard InChI is InChI=1S/C16H25N3/c1-19-9-8-18-12-16(19)10-13-2-4-14(5-3-13)15-6-7-17-11-15/h2-5,15-18H,6-12H2,1H3. The summed E-state index contributed by atoms with van der Waals surface area (Å²) in [4.78, 5) is 2.48. The first-order valence-corrected chi connectivity index (χ1v) is 7.53.